The Hall–Kier alpha value is -1.01. The second-order valence-corrected chi connectivity index (χ2v) is 5.51. The number of amides is 1. The molecule has 0 radical (unpaired) electrons. The van der Waals surface area contributed by atoms with Crippen molar-refractivity contribution in [1.82, 2.24) is 5.32 Å². The quantitative estimate of drug-likeness (QED) is 0.748. The van der Waals surface area contributed by atoms with Gasteiger partial charge in [0.15, 0.2) is 5.75 Å². The van der Waals surface area contributed by atoms with Gasteiger partial charge < -0.3 is 20.5 Å². The molecule has 0 unspecified atom stereocenters. The molecule has 0 saturated carbocycles. The van der Waals surface area contributed by atoms with E-state index in [1.165, 1.54) is 19.2 Å². The van der Waals surface area contributed by atoms with E-state index < -0.39 is 5.60 Å². The normalized spacial score (nSPS) is 17.8. The Kier molecular flexibility index (Phi) is 4.75. The third-order valence-electron chi connectivity index (χ3n) is 3.49. The fourth-order valence-electron chi connectivity index (χ4n) is 2.24. The predicted octanol–water partition coefficient (Wildman–Crippen LogP) is 2.41. The smallest absolute Gasteiger partial charge is 0.256 e. The number of phenols is 1. The Balaban J connectivity index is 2.18. The topological polar surface area (TPSA) is 70.6 Å². The Morgan fingerprint density at radius 2 is 1.90 bits per heavy atom. The van der Waals surface area contributed by atoms with Crippen LogP contribution in [-0.4, -0.2) is 36.8 Å². The van der Waals surface area contributed by atoms with Crippen molar-refractivity contribution in [3.8, 4) is 5.75 Å². The Morgan fingerprint density at radius 3 is 2.40 bits per heavy atom. The summed E-state index contributed by atoms with van der Waals surface area (Å²) in [6.45, 7) is 1.44. The molecule has 1 aliphatic rings. The van der Waals surface area contributed by atoms with Crippen molar-refractivity contribution in [1.29, 1.82) is 0 Å². The molecule has 3 N–H and O–H groups in total. The molecular weight excluding hydrogens is 303 g/mol. The van der Waals surface area contributed by atoms with Crippen LogP contribution >= 0.6 is 23.2 Å². The van der Waals surface area contributed by atoms with Crippen molar-refractivity contribution in [2.75, 3.05) is 25.5 Å². The number of rotatable bonds is 3. The summed E-state index contributed by atoms with van der Waals surface area (Å²) < 4.78 is 5.43. The maximum Gasteiger partial charge on any atom is 0.256 e. The highest BCUT2D eigenvalue weighted by molar-refractivity contribution is 6.37. The first kappa shape index (κ1) is 15.4. The second kappa shape index (κ2) is 6.18. The summed E-state index contributed by atoms with van der Waals surface area (Å²) in [4.78, 5) is 12.4. The van der Waals surface area contributed by atoms with Gasteiger partial charge in [-0.3, -0.25) is 4.79 Å². The van der Waals surface area contributed by atoms with E-state index in [2.05, 4.69) is 10.6 Å². The maximum absolute atomic E-state index is 12.4. The van der Waals surface area contributed by atoms with E-state index in [0.29, 0.717) is 18.5 Å². The van der Waals surface area contributed by atoms with Gasteiger partial charge >= 0.3 is 0 Å². The van der Waals surface area contributed by atoms with Crippen LogP contribution in [-0.2, 0) is 9.53 Å². The fraction of sp³-hybridized carbons (Fsp3) is 0.462. The van der Waals surface area contributed by atoms with Gasteiger partial charge in [-0.25, -0.2) is 0 Å². The van der Waals surface area contributed by atoms with Gasteiger partial charge in [-0.1, -0.05) is 23.2 Å². The summed E-state index contributed by atoms with van der Waals surface area (Å²) in [7, 11) is 1.53. The molecule has 5 nitrogen and oxygen atoms in total. The van der Waals surface area contributed by atoms with Crippen LogP contribution in [0.3, 0.4) is 0 Å². The van der Waals surface area contributed by atoms with Crippen molar-refractivity contribution in [3.63, 3.8) is 0 Å². The third kappa shape index (κ3) is 3.01. The molecule has 7 heteroatoms. The standard InChI is InChI=1S/C13H16Cl2N2O3/c1-20-13(2-4-16-5-3-13)12(19)17-8-6-9(14)11(18)10(15)7-8/h6-7,16,18H,2-5H2,1H3,(H,17,19). The van der Waals surface area contributed by atoms with Crippen LogP contribution < -0.4 is 10.6 Å². The zero-order valence-corrected chi connectivity index (χ0v) is 12.5. The summed E-state index contributed by atoms with van der Waals surface area (Å²) in [6, 6.07) is 2.90. The summed E-state index contributed by atoms with van der Waals surface area (Å²) in [5.41, 5.74) is -0.417. The second-order valence-electron chi connectivity index (χ2n) is 4.69. The highest BCUT2D eigenvalue weighted by atomic mass is 35.5. The SMILES string of the molecule is COC1(C(=O)Nc2cc(Cl)c(O)c(Cl)c2)CCNCC1. The lowest BCUT2D eigenvalue weighted by molar-refractivity contribution is -0.140. The largest absolute Gasteiger partial charge is 0.505 e. The van der Waals surface area contributed by atoms with E-state index in [1.54, 1.807) is 0 Å². The number of hydrogen-bond acceptors (Lipinski definition) is 4. The number of nitrogens with one attached hydrogen (secondary N) is 2. The number of piperidine rings is 1. The summed E-state index contributed by atoms with van der Waals surface area (Å²) in [5, 5.41) is 15.6. The van der Waals surface area contributed by atoms with Gasteiger partial charge in [0.25, 0.3) is 5.91 Å². The minimum Gasteiger partial charge on any atom is -0.505 e. The van der Waals surface area contributed by atoms with Crippen molar-refractivity contribution < 1.29 is 14.6 Å². The summed E-state index contributed by atoms with van der Waals surface area (Å²) >= 11 is 11.7. The Bertz CT molecular complexity index is 493. The monoisotopic (exact) mass is 318 g/mol. The van der Waals surface area contributed by atoms with Crippen molar-refractivity contribution in [2.24, 2.45) is 0 Å². The van der Waals surface area contributed by atoms with Gasteiger partial charge in [0.2, 0.25) is 0 Å². The first-order valence-electron chi connectivity index (χ1n) is 6.24. The minimum absolute atomic E-state index is 0.0876. The average molecular weight is 319 g/mol. The molecule has 1 amide bonds. The Morgan fingerprint density at radius 1 is 1.35 bits per heavy atom. The molecule has 1 fully saturated rings. The van der Waals surface area contributed by atoms with Gasteiger partial charge in [-0.2, -0.15) is 0 Å². The molecule has 0 atom stereocenters. The molecule has 2 rings (SSSR count). The molecule has 0 spiro atoms. The zero-order valence-electron chi connectivity index (χ0n) is 11.0. The lowest BCUT2D eigenvalue weighted by atomic mass is 9.91. The number of halogens is 2. The molecule has 110 valence electrons. The lowest BCUT2D eigenvalue weighted by Gasteiger charge is -2.34. The maximum atomic E-state index is 12.4. The number of carbonyl (C=O) groups excluding carboxylic acids is 1. The van der Waals surface area contributed by atoms with E-state index in [0.717, 1.165) is 13.1 Å². The van der Waals surface area contributed by atoms with Gasteiger partial charge in [0.1, 0.15) is 5.60 Å². The van der Waals surface area contributed by atoms with E-state index in [9.17, 15) is 9.90 Å². The minimum atomic E-state index is -0.845. The van der Waals surface area contributed by atoms with Crippen LogP contribution in [0, 0.1) is 0 Å². The first-order chi connectivity index (χ1) is 9.48. The van der Waals surface area contributed by atoms with Gasteiger partial charge in [0.05, 0.1) is 10.0 Å². The molecular formula is C13H16Cl2N2O3. The van der Waals surface area contributed by atoms with Crippen LogP contribution in [0.1, 0.15) is 12.8 Å². The lowest BCUT2D eigenvalue weighted by Crippen LogP contribution is -2.51. The number of phenolic OH excluding ortho intramolecular Hbond substituents is 1. The number of anilines is 1. The first-order valence-corrected chi connectivity index (χ1v) is 6.99. The van der Waals surface area contributed by atoms with Gasteiger partial charge in [-0.15, -0.1) is 0 Å². The molecule has 1 aliphatic heterocycles. The molecule has 1 aromatic carbocycles. The number of benzene rings is 1. The van der Waals surface area contributed by atoms with Crippen LogP contribution in [0.5, 0.6) is 5.75 Å². The van der Waals surface area contributed by atoms with Crippen molar-refractivity contribution >= 4 is 34.8 Å². The van der Waals surface area contributed by atoms with Gasteiger partial charge in [-0.05, 0) is 38.1 Å². The molecule has 1 aromatic rings. The van der Waals surface area contributed by atoms with Crippen molar-refractivity contribution in [2.45, 2.75) is 18.4 Å². The molecule has 20 heavy (non-hydrogen) atoms. The summed E-state index contributed by atoms with van der Waals surface area (Å²) in [6.07, 6.45) is 1.18. The van der Waals surface area contributed by atoms with E-state index in [-0.39, 0.29) is 21.7 Å². The average Bonchev–Trinajstić information content (AvgIpc) is 2.45. The molecule has 1 saturated heterocycles. The van der Waals surface area contributed by atoms with Crippen molar-refractivity contribution in [3.05, 3.63) is 22.2 Å². The molecule has 0 bridgehead atoms. The molecule has 1 heterocycles. The van der Waals surface area contributed by atoms with E-state index in [4.69, 9.17) is 27.9 Å². The summed E-state index contributed by atoms with van der Waals surface area (Å²) in [5.74, 6) is -0.436. The van der Waals surface area contributed by atoms with E-state index >= 15 is 0 Å². The third-order valence-corrected chi connectivity index (χ3v) is 4.07. The number of hydrogen-bond donors (Lipinski definition) is 3. The highest BCUT2D eigenvalue weighted by Gasteiger charge is 2.39. The molecule has 0 aromatic heterocycles. The van der Waals surface area contributed by atoms with Crippen LogP contribution in [0.15, 0.2) is 12.1 Å². The fourth-order valence-corrected chi connectivity index (χ4v) is 2.72. The zero-order chi connectivity index (χ0) is 14.8. The van der Waals surface area contributed by atoms with E-state index in [1.807, 2.05) is 0 Å². The number of methoxy groups -OCH3 is 1. The predicted molar refractivity (Wildman–Crippen MR) is 78.6 cm³/mol. The van der Waals surface area contributed by atoms with Crippen LogP contribution in [0.4, 0.5) is 5.69 Å². The number of carbonyl (C=O) groups is 1. The molecule has 0 aliphatic carbocycles. The highest BCUT2D eigenvalue weighted by Crippen LogP contribution is 2.35. The van der Waals surface area contributed by atoms with Gasteiger partial charge in [0, 0.05) is 12.8 Å². The number of aromatic hydroxyl groups is 1. The van der Waals surface area contributed by atoms with Crippen LogP contribution in [0.25, 0.3) is 0 Å². The van der Waals surface area contributed by atoms with Crippen LogP contribution in [0.2, 0.25) is 10.0 Å². The Labute approximate surface area is 127 Å². The number of ether oxygens (including phenoxy) is 1.